The van der Waals surface area contributed by atoms with Gasteiger partial charge in [-0.15, -0.1) is 11.3 Å². The van der Waals surface area contributed by atoms with Crippen LogP contribution in [0.3, 0.4) is 0 Å². The molecule has 0 saturated carbocycles. The van der Waals surface area contributed by atoms with Crippen LogP contribution in [0.25, 0.3) is 10.2 Å². The van der Waals surface area contributed by atoms with Crippen molar-refractivity contribution in [3.63, 3.8) is 0 Å². The number of aromatic nitrogens is 1. The summed E-state index contributed by atoms with van der Waals surface area (Å²) in [7, 11) is 1.63. The molecule has 1 amide bonds. The zero-order valence-corrected chi connectivity index (χ0v) is 14.9. The number of carbonyl (C=O) groups is 1. The van der Waals surface area contributed by atoms with Gasteiger partial charge in [0.1, 0.15) is 5.76 Å². The van der Waals surface area contributed by atoms with Crippen LogP contribution in [0.4, 0.5) is 0 Å². The lowest BCUT2D eigenvalue weighted by molar-refractivity contribution is -0.129. The maximum absolute atomic E-state index is 12.5. The molecule has 0 unspecified atom stereocenters. The van der Waals surface area contributed by atoms with E-state index in [1.165, 1.54) is 11.8 Å². The number of hydrogen-bond donors (Lipinski definition) is 0. The number of hydrogen-bond acceptors (Lipinski definition) is 6. The lowest BCUT2D eigenvalue weighted by atomic mass is 10.3. The van der Waals surface area contributed by atoms with Crippen LogP contribution >= 0.6 is 23.1 Å². The molecule has 2 heterocycles. The van der Waals surface area contributed by atoms with Gasteiger partial charge in [-0.05, 0) is 24.3 Å². The van der Waals surface area contributed by atoms with E-state index in [0.29, 0.717) is 25.4 Å². The zero-order valence-electron chi connectivity index (χ0n) is 13.3. The number of benzene rings is 1. The molecule has 0 aliphatic carbocycles. The molecule has 5 nitrogen and oxygen atoms in total. The molecular formula is C17H18N2O3S2. The molecule has 0 radical (unpaired) electrons. The highest BCUT2D eigenvalue weighted by Crippen LogP contribution is 2.29. The summed E-state index contributed by atoms with van der Waals surface area (Å²) in [6, 6.07) is 11.7. The summed E-state index contributed by atoms with van der Waals surface area (Å²) in [6.07, 6.45) is 1.62. The standard InChI is InChI=1S/C17H18N2O3S2/c1-21-10-8-19(11-13-5-4-9-22-13)16(20)12-23-17-18-14-6-2-3-7-15(14)24-17/h2-7,9H,8,10-12H2,1H3. The molecule has 126 valence electrons. The molecule has 0 atom stereocenters. The summed E-state index contributed by atoms with van der Waals surface area (Å²) in [5, 5.41) is 0. The second-order valence-electron chi connectivity index (χ2n) is 5.12. The summed E-state index contributed by atoms with van der Waals surface area (Å²) in [5.41, 5.74) is 0.976. The van der Waals surface area contributed by atoms with Crippen molar-refractivity contribution in [1.29, 1.82) is 0 Å². The normalized spacial score (nSPS) is 11.0. The Labute approximate surface area is 148 Å². The van der Waals surface area contributed by atoms with E-state index in [1.807, 2.05) is 36.4 Å². The molecule has 0 aliphatic heterocycles. The van der Waals surface area contributed by atoms with Crippen LogP contribution in [0.5, 0.6) is 0 Å². The van der Waals surface area contributed by atoms with E-state index < -0.39 is 0 Å². The Morgan fingerprint density at radius 3 is 2.96 bits per heavy atom. The predicted octanol–water partition coefficient (Wildman–Crippen LogP) is 3.66. The van der Waals surface area contributed by atoms with E-state index in [1.54, 1.807) is 29.6 Å². The van der Waals surface area contributed by atoms with E-state index in [2.05, 4.69) is 4.98 Å². The number of para-hydroxylation sites is 1. The lowest BCUT2D eigenvalue weighted by Gasteiger charge is -2.20. The zero-order chi connectivity index (χ0) is 16.8. The first-order valence-corrected chi connectivity index (χ1v) is 9.34. The third-order valence-corrected chi connectivity index (χ3v) is 5.60. The van der Waals surface area contributed by atoms with Crippen molar-refractivity contribution in [1.82, 2.24) is 9.88 Å². The molecule has 0 fully saturated rings. The summed E-state index contributed by atoms with van der Waals surface area (Å²) in [6.45, 7) is 1.49. The smallest absolute Gasteiger partial charge is 0.233 e. The van der Waals surface area contributed by atoms with E-state index in [9.17, 15) is 4.79 Å². The Morgan fingerprint density at radius 2 is 2.21 bits per heavy atom. The van der Waals surface area contributed by atoms with Crippen LogP contribution in [-0.2, 0) is 16.1 Å². The first kappa shape index (κ1) is 17.0. The van der Waals surface area contributed by atoms with E-state index in [0.717, 1.165) is 20.3 Å². The van der Waals surface area contributed by atoms with Crippen molar-refractivity contribution in [3.05, 3.63) is 48.4 Å². The summed E-state index contributed by atoms with van der Waals surface area (Å²) >= 11 is 3.09. The molecule has 7 heteroatoms. The molecule has 2 aromatic heterocycles. The Balaban J connectivity index is 1.61. The quantitative estimate of drug-likeness (QED) is 0.573. The van der Waals surface area contributed by atoms with Gasteiger partial charge >= 0.3 is 0 Å². The van der Waals surface area contributed by atoms with Crippen LogP contribution in [-0.4, -0.2) is 41.8 Å². The first-order valence-electron chi connectivity index (χ1n) is 7.53. The Hall–Kier alpha value is -1.83. The molecule has 3 aromatic rings. The average Bonchev–Trinajstić information content (AvgIpc) is 3.25. The molecular weight excluding hydrogens is 344 g/mol. The van der Waals surface area contributed by atoms with Crippen LogP contribution in [0.15, 0.2) is 51.4 Å². The van der Waals surface area contributed by atoms with Gasteiger partial charge in [0.15, 0.2) is 4.34 Å². The third-order valence-electron chi connectivity index (χ3n) is 3.44. The third kappa shape index (κ3) is 4.37. The molecule has 1 aromatic carbocycles. The summed E-state index contributed by atoms with van der Waals surface area (Å²) in [5.74, 6) is 1.17. The summed E-state index contributed by atoms with van der Waals surface area (Å²) < 4.78 is 12.5. The fraction of sp³-hybridized carbons (Fsp3) is 0.294. The molecule has 24 heavy (non-hydrogen) atoms. The maximum atomic E-state index is 12.5. The first-order chi connectivity index (χ1) is 11.8. The van der Waals surface area contributed by atoms with Crippen molar-refractivity contribution < 1.29 is 13.9 Å². The van der Waals surface area contributed by atoms with Gasteiger partial charge in [0.05, 0.1) is 35.4 Å². The highest BCUT2D eigenvalue weighted by atomic mass is 32.2. The maximum Gasteiger partial charge on any atom is 0.233 e. The molecule has 0 spiro atoms. The Bertz CT molecular complexity index is 753. The largest absolute Gasteiger partial charge is 0.467 e. The number of nitrogens with zero attached hydrogens (tertiary/aromatic N) is 2. The molecule has 0 aliphatic rings. The van der Waals surface area contributed by atoms with Gasteiger partial charge < -0.3 is 14.1 Å². The number of fused-ring (bicyclic) bond motifs is 1. The van der Waals surface area contributed by atoms with Crippen molar-refractivity contribution in [3.8, 4) is 0 Å². The van der Waals surface area contributed by atoms with Crippen LogP contribution < -0.4 is 0 Å². The van der Waals surface area contributed by atoms with Gasteiger partial charge in [0, 0.05) is 13.7 Å². The number of ether oxygens (including phenoxy) is 1. The number of carbonyl (C=O) groups excluding carboxylic acids is 1. The van der Waals surface area contributed by atoms with Crippen molar-refractivity contribution in [2.24, 2.45) is 0 Å². The molecule has 0 bridgehead atoms. The minimum absolute atomic E-state index is 0.0488. The van der Waals surface area contributed by atoms with Gasteiger partial charge in [-0.3, -0.25) is 4.79 Å². The Kier molecular flexibility index (Phi) is 5.90. The number of methoxy groups -OCH3 is 1. The minimum Gasteiger partial charge on any atom is -0.467 e. The van der Waals surface area contributed by atoms with Crippen molar-refractivity contribution in [2.45, 2.75) is 10.9 Å². The van der Waals surface area contributed by atoms with Gasteiger partial charge in [0.2, 0.25) is 5.91 Å². The minimum atomic E-state index is 0.0488. The average molecular weight is 362 g/mol. The van der Waals surface area contributed by atoms with Gasteiger partial charge in [-0.1, -0.05) is 23.9 Å². The van der Waals surface area contributed by atoms with Crippen molar-refractivity contribution >= 4 is 39.2 Å². The number of furan rings is 1. The van der Waals surface area contributed by atoms with E-state index in [-0.39, 0.29) is 5.91 Å². The highest BCUT2D eigenvalue weighted by Gasteiger charge is 2.16. The SMILES string of the molecule is COCCN(Cc1ccco1)C(=O)CSc1nc2ccccc2s1. The van der Waals surface area contributed by atoms with Crippen LogP contribution in [0.2, 0.25) is 0 Å². The van der Waals surface area contributed by atoms with Crippen LogP contribution in [0.1, 0.15) is 5.76 Å². The van der Waals surface area contributed by atoms with E-state index in [4.69, 9.17) is 9.15 Å². The second kappa shape index (κ2) is 8.32. The number of thiazole rings is 1. The Morgan fingerprint density at radius 1 is 1.33 bits per heavy atom. The predicted molar refractivity (Wildman–Crippen MR) is 96.3 cm³/mol. The fourth-order valence-electron chi connectivity index (χ4n) is 2.21. The molecule has 3 rings (SSSR count). The van der Waals surface area contributed by atoms with E-state index >= 15 is 0 Å². The monoisotopic (exact) mass is 362 g/mol. The van der Waals surface area contributed by atoms with Gasteiger partial charge in [0.25, 0.3) is 0 Å². The number of amides is 1. The lowest BCUT2D eigenvalue weighted by Crippen LogP contribution is -2.34. The van der Waals surface area contributed by atoms with Crippen LogP contribution in [0, 0.1) is 0 Å². The topological polar surface area (TPSA) is 55.6 Å². The van der Waals surface area contributed by atoms with Crippen molar-refractivity contribution in [2.75, 3.05) is 26.0 Å². The second-order valence-corrected chi connectivity index (χ2v) is 7.38. The van der Waals surface area contributed by atoms with Gasteiger partial charge in [-0.2, -0.15) is 0 Å². The number of rotatable bonds is 8. The highest BCUT2D eigenvalue weighted by molar-refractivity contribution is 8.01. The van der Waals surface area contributed by atoms with Gasteiger partial charge in [-0.25, -0.2) is 4.98 Å². The fourth-order valence-corrected chi connectivity index (χ4v) is 4.18. The summed E-state index contributed by atoms with van der Waals surface area (Å²) in [4.78, 5) is 18.9. The molecule has 0 saturated heterocycles. The number of thioether (sulfide) groups is 1. The molecule has 0 N–H and O–H groups in total.